The number of nitrogens with zero attached hydrogens (tertiary/aromatic N) is 4. The number of likely N-dealkylation sites (N-methyl/N-ethyl adjacent to an activating group) is 1. The van der Waals surface area contributed by atoms with Crippen molar-refractivity contribution in [3.8, 4) is 11.3 Å². The van der Waals surface area contributed by atoms with Gasteiger partial charge in [-0.1, -0.05) is 41.4 Å². The number of fused-ring (bicyclic) bond motifs is 2. The van der Waals surface area contributed by atoms with E-state index in [1.807, 2.05) is 0 Å². The normalized spacial score (nSPS) is 16.3. The molecule has 1 saturated heterocycles. The molecule has 3 heterocycles. The predicted molar refractivity (Wildman–Crippen MR) is 162 cm³/mol. The Balaban J connectivity index is 1.74. The standard InChI is InChI=1S/C30H30Cl2F3N5O4/c1-3-38(4-2)27(42)28(44-29(43)30(33,34)35)40-16-19(18-9-5-6-10-23(18)40)25-26(41)39(15-17-8-7-11-36-14-17)24-13-21(32)20(31)12-22(24)37-25/h5-6,9-10,12-13,16-17,28,36H,3-4,7-8,11,14-15H2,1-2H3. The summed E-state index contributed by atoms with van der Waals surface area (Å²) in [4.78, 5) is 45.6. The van der Waals surface area contributed by atoms with Crippen LogP contribution in [0.4, 0.5) is 13.2 Å². The van der Waals surface area contributed by atoms with Crippen molar-refractivity contribution in [1.29, 1.82) is 0 Å². The first kappa shape index (κ1) is 31.8. The van der Waals surface area contributed by atoms with Crippen molar-refractivity contribution < 1.29 is 27.5 Å². The fraction of sp³-hybridized carbons (Fsp3) is 0.400. The summed E-state index contributed by atoms with van der Waals surface area (Å²) in [5, 5.41) is 4.25. The molecule has 1 aliphatic heterocycles. The van der Waals surface area contributed by atoms with E-state index in [0.717, 1.165) is 24.0 Å². The number of alkyl halides is 3. The smallest absolute Gasteiger partial charge is 0.425 e. The van der Waals surface area contributed by atoms with Crippen LogP contribution in [0, 0.1) is 5.92 Å². The quantitative estimate of drug-likeness (QED) is 0.242. The van der Waals surface area contributed by atoms with Gasteiger partial charge in [0.1, 0.15) is 5.69 Å². The van der Waals surface area contributed by atoms with E-state index in [-0.39, 0.29) is 45.8 Å². The van der Waals surface area contributed by atoms with Gasteiger partial charge >= 0.3 is 12.1 Å². The first-order valence-corrected chi connectivity index (χ1v) is 15.0. The van der Waals surface area contributed by atoms with Crippen LogP contribution in [-0.2, 0) is 20.9 Å². The molecule has 9 nitrogen and oxygen atoms in total. The number of carbonyl (C=O) groups is 2. The van der Waals surface area contributed by atoms with Gasteiger partial charge < -0.3 is 24.1 Å². The highest BCUT2D eigenvalue weighted by Gasteiger charge is 2.44. The summed E-state index contributed by atoms with van der Waals surface area (Å²) < 4.78 is 47.6. The molecule has 14 heteroatoms. The summed E-state index contributed by atoms with van der Waals surface area (Å²) in [7, 11) is 0. The monoisotopic (exact) mass is 651 g/mol. The minimum atomic E-state index is -5.34. The van der Waals surface area contributed by atoms with E-state index in [1.165, 1.54) is 11.1 Å². The van der Waals surface area contributed by atoms with Crippen LogP contribution in [0.1, 0.15) is 32.9 Å². The molecule has 5 rings (SSSR count). The molecule has 0 spiro atoms. The highest BCUT2D eigenvalue weighted by molar-refractivity contribution is 6.42. The Morgan fingerprint density at radius 3 is 2.50 bits per heavy atom. The molecular formula is C30H30Cl2F3N5O4. The number of para-hydroxylation sites is 1. The Morgan fingerprint density at radius 1 is 1.14 bits per heavy atom. The van der Waals surface area contributed by atoms with Crippen LogP contribution in [0.25, 0.3) is 33.2 Å². The number of carbonyl (C=O) groups excluding carboxylic acids is 2. The second kappa shape index (κ2) is 12.8. The second-order valence-electron chi connectivity index (χ2n) is 10.6. The summed E-state index contributed by atoms with van der Waals surface area (Å²) in [6, 6.07) is 9.66. The molecule has 44 heavy (non-hydrogen) atoms. The Hall–Kier alpha value is -3.61. The van der Waals surface area contributed by atoms with Crippen molar-refractivity contribution in [3.05, 3.63) is 63.0 Å². The van der Waals surface area contributed by atoms with Gasteiger partial charge in [-0.05, 0) is 63.9 Å². The van der Waals surface area contributed by atoms with Crippen LogP contribution < -0.4 is 10.9 Å². The van der Waals surface area contributed by atoms with Gasteiger partial charge in [0.2, 0.25) is 0 Å². The van der Waals surface area contributed by atoms with Crippen LogP contribution in [0.15, 0.2) is 47.4 Å². The van der Waals surface area contributed by atoms with Gasteiger partial charge in [0.15, 0.2) is 0 Å². The summed E-state index contributed by atoms with van der Waals surface area (Å²) in [5.74, 6) is -3.22. The lowest BCUT2D eigenvalue weighted by Gasteiger charge is -2.26. The van der Waals surface area contributed by atoms with Gasteiger partial charge in [-0.25, -0.2) is 9.78 Å². The van der Waals surface area contributed by atoms with Crippen molar-refractivity contribution in [2.24, 2.45) is 5.92 Å². The number of halogens is 5. The maximum absolute atomic E-state index is 14.2. The van der Waals surface area contributed by atoms with Gasteiger partial charge in [0.05, 0.1) is 26.6 Å². The molecule has 0 bridgehead atoms. The Labute approximate surface area is 260 Å². The summed E-state index contributed by atoms with van der Waals surface area (Å²) in [5.41, 5.74) is 0.912. The third kappa shape index (κ3) is 6.15. The molecule has 1 aliphatic rings. The fourth-order valence-electron chi connectivity index (χ4n) is 5.61. The van der Waals surface area contributed by atoms with Crippen LogP contribution >= 0.6 is 23.2 Å². The number of aromatic nitrogens is 3. The van der Waals surface area contributed by atoms with Crippen LogP contribution in [0.2, 0.25) is 10.0 Å². The molecule has 234 valence electrons. The number of amides is 1. The first-order chi connectivity index (χ1) is 20.9. The predicted octanol–water partition coefficient (Wildman–Crippen LogP) is 5.80. The highest BCUT2D eigenvalue weighted by Crippen LogP contribution is 2.34. The van der Waals surface area contributed by atoms with Crippen molar-refractivity contribution in [2.75, 3.05) is 26.2 Å². The topological polar surface area (TPSA) is 98.5 Å². The van der Waals surface area contributed by atoms with E-state index in [9.17, 15) is 27.6 Å². The Morgan fingerprint density at radius 2 is 1.84 bits per heavy atom. The number of esters is 1. The van der Waals surface area contributed by atoms with Gasteiger partial charge in [-0.15, -0.1) is 0 Å². The zero-order chi connectivity index (χ0) is 31.8. The Kier molecular flexibility index (Phi) is 9.24. The highest BCUT2D eigenvalue weighted by atomic mass is 35.5. The molecule has 0 aliphatic carbocycles. The van der Waals surface area contributed by atoms with Crippen LogP contribution in [0.3, 0.4) is 0 Å². The van der Waals surface area contributed by atoms with Crippen molar-refractivity contribution in [3.63, 3.8) is 0 Å². The van der Waals surface area contributed by atoms with Crippen molar-refractivity contribution in [1.82, 2.24) is 24.3 Å². The lowest BCUT2D eigenvalue weighted by Crippen LogP contribution is -2.41. The van der Waals surface area contributed by atoms with Gasteiger partial charge in [-0.3, -0.25) is 9.59 Å². The summed E-state index contributed by atoms with van der Waals surface area (Å²) in [6.07, 6.45) is -4.14. The molecule has 2 unspecified atom stereocenters. The zero-order valence-corrected chi connectivity index (χ0v) is 25.5. The van der Waals surface area contributed by atoms with Gasteiger partial charge in [-0.2, -0.15) is 13.2 Å². The lowest BCUT2D eigenvalue weighted by atomic mass is 9.99. The number of hydrogen-bond acceptors (Lipinski definition) is 6. The maximum Gasteiger partial charge on any atom is 0.491 e. The molecule has 4 aromatic rings. The van der Waals surface area contributed by atoms with Gasteiger partial charge in [0.25, 0.3) is 17.7 Å². The fourth-order valence-corrected chi connectivity index (χ4v) is 5.92. The largest absolute Gasteiger partial charge is 0.491 e. The van der Waals surface area contributed by atoms with E-state index in [1.54, 1.807) is 54.8 Å². The van der Waals surface area contributed by atoms with E-state index in [0.29, 0.717) is 29.5 Å². The number of benzene rings is 2. The molecule has 2 aromatic carbocycles. The molecule has 1 amide bonds. The number of ether oxygens (including phenoxy) is 1. The first-order valence-electron chi connectivity index (χ1n) is 14.2. The lowest BCUT2D eigenvalue weighted by molar-refractivity contribution is -0.210. The molecular weight excluding hydrogens is 622 g/mol. The second-order valence-corrected chi connectivity index (χ2v) is 11.4. The van der Waals surface area contributed by atoms with Crippen molar-refractivity contribution in [2.45, 2.75) is 45.6 Å². The summed E-state index contributed by atoms with van der Waals surface area (Å²) in [6.45, 7) is 5.61. The third-order valence-electron chi connectivity index (χ3n) is 7.81. The number of hydrogen-bond donors (Lipinski definition) is 1. The molecule has 0 radical (unpaired) electrons. The number of piperidine rings is 1. The Bertz CT molecular complexity index is 1780. The van der Waals surface area contributed by atoms with Crippen LogP contribution in [0.5, 0.6) is 0 Å². The third-order valence-corrected chi connectivity index (χ3v) is 8.53. The minimum Gasteiger partial charge on any atom is -0.425 e. The molecule has 2 aromatic heterocycles. The van der Waals surface area contributed by atoms with Crippen molar-refractivity contribution >= 4 is 57.0 Å². The molecule has 0 saturated carbocycles. The SMILES string of the molecule is CCN(CC)C(=O)C(OC(=O)C(F)(F)F)n1cc(-c2nc3cc(Cl)c(Cl)cc3n(CC3CCCNC3)c2=O)c2ccccc21. The van der Waals surface area contributed by atoms with E-state index >= 15 is 0 Å². The minimum absolute atomic E-state index is 0.00852. The van der Waals surface area contributed by atoms with E-state index < -0.39 is 29.8 Å². The van der Waals surface area contributed by atoms with Crippen LogP contribution in [-0.4, -0.2) is 63.2 Å². The number of rotatable bonds is 8. The maximum atomic E-state index is 14.2. The average Bonchev–Trinajstić information content (AvgIpc) is 3.38. The van der Waals surface area contributed by atoms with E-state index in [2.05, 4.69) is 10.3 Å². The number of nitrogens with one attached hydrogen (secondary N) is 1. The zero-order valence-electron chi connectivity index (χ0n) is 24.0. The van der Waals surface area contributed by atoms with Gasteiger partial charge in [0, 0.05) is 36.8 Å². The molecule has 1 N–H and O–H groups in total. The van der Waals surface area contributed by atoms with E-state index in [4.69, 9.17) is 27.9 Å². The average molecular weight is 653 g/mol. The molecule has 1 fully saturated rings. The molecule has 2 atom stereocenters. The summed E-state index contributed by atoms with van der Waals surface area (Å²) >= 11 is 12.7.